The first-order valence-corrected chi connectivity index (χ1v) is 19.4. The maximum absolute atomic E-state index is 14.9. The number of aliphatic imine (C=N–C) groups is 2. The van der Waals surface area contributed by atoms with Gasteiger partial charge >= 0.3 is 12.4 Å². The summed E-state index contributed by atoms with van der Waals surface area (Å²) in [5.41, 5.74) is 2.61. The number of alkyl halides is 6. The Kier molecular flexibility index (Phi) is 9.60. The monoisotopic (exact) mass is 800 g/mol. The van der Waals surface area contributed by atoms with Gasteiger partial charge in [-0.1, -0.05) is 139 Å². The standard InChI is InChI=1S/C49H42F6N4/c1-46(2,3)31-17-22-37-38-23-18-32(47(4,5)6)27-42(38)59(41(37)26-31)34-20-24-35(36-21-19-33(48(50,51)52)25-40(36)49(53,54)55)39(28-34)45-57-43(29-13-9-7-10-14-29)56-44(58-45)30-15-11-8-12-16-30/h7-20,22-28H,21H2,1-6H3,(H,56,57,58). The lowest BCUT2D eigenvalue weighted by atomic mass is 9.86. The molecule has 1 aliphatic carbocycles. The average Bonchev–Trinajstić information content (AvgIpc) is 3.53. The van der Waals surface area contributed by atoms with Crippen molar-refractivity contribution in [1.29, 1.82) is 0 Å². The number of hydrogen-bond acceptors (Lipinski definition) is 3. The lowest BCUT2D eigenvalue weighted by Crippen LogP contribution is -2.39. The summed E-state index contributed by atoms with van der Waals surface area (Å²) in [6, 6.07) is 36.4. The minimum atomic E-state index is -5.09. The predicted molar refractivity (Wildman–Crippen MR) is 226 cm³/mol. The molecule has 10 heteroatoms. The lowest BCUT2D eigenvalue weighted by Gasteiger charge is -2.22. The van der Waals surface area contributed by atoms with Gasteiger partial charge in [-0.3, -0.25) is 0 Å². The van der Waals surface area contributed by atoms with E-state index < -0.39 is 29.9 Å². The van der Waals surface area contributed by atoms with Crippen LogP contribution in [0.1, 0.15) is 70.2 Å². The summed E-state index contributed by atoms with van der Waals surface area (Å²) >= 11 is 0. The zero-order valence-electron chi connectivity index (χ0n) is 33.4. The van der Waals surface area contributed by atoms with Gasteiger partial charge in [-0.15, -0.1) is 0 Å². The van der Waals surface area contributed by atoms with Crippen molar-refractivity contribution in [3.05, 3.63) is 171 Å². The first-order valence-electron chi connectivity index (χ1n) is 19.4. The van der Waals surface area contributed by atoms with E-state index in [-0.39, 0.29) is 38.7 Å². The maximum atomic E-state index is 14.9. The molecule has 1 N–H and O–H groups in total. The van der Waals surface area contributed by atoms with Gasteiger partial charge in [-0.25, -0.2) is 9.98 Å². The van der Waals surface area contributed by atoms with Crippen molar-refractivity contribution in [2.45, 2.75) is 71.1 Å². The van der Waals surface area contributed by atoms with E-state index >= 15 is 0 Å². The molecule has 2 aliphatic rings. The number of benzene rings is 5. The Morgan fingerprint density at radius 2 is 1.14 bits per heavy atom. The Morgan fingerprint density at radius 3 is 1.66 bits per heavy atom. The minimum Gasteiger partial charge on any atom is -0.324 e. The number of hydrogen-bond donors (Lipinski definition) is 1. The first-order chi connectivity index (χ1) is 27.8. The van der Waals surface area contributed by atoms with E-state index in [4.69, 9.17) is 9.98 Å². The molecule has 4 nitrogen and oxygen atoms in total. The molecule has 0 fully saturated rings. The van der Waals surface area contributed by atoms with E-state index in [2.05, 4.69) is 87.8 Å². The van der Waals surface area contributed by atoms with Gasteiger partial charge < -0.3 is 9.88 Å². The highest BCUT2D eigenvalue weighted by atomic mass is 19.4. The number of rotatable bonds is 3. The third kappa shape index (κ3) is 7.64. The van der Waals surface area contributed by atoms with Gasteiger partial charge in [0.1, 0.15) is 11.7 Å². The van der Waals surface area contributed by atoms with Crippen LogP contribution in [0.15, 0.2) is 149 Å². The zero-order valence-corrected chi connectivity index (χ0v) is 33.4. The summed E-state index contributed by atoms with van der Waals surface area (Å²) in [5.74, 6) is 0.919. The number of allylic oxidation sites excluding steroid dienone is 4. The summed E-state index contributed by atoms with van der Waals surface area (Å²) in [6.45, 7) is 12.8. The highest BCUT2D eigenvalue weighted by Gasteiger charge is 2.42. The van der Waals surface area contributed by atoms with Crippen LogP contribution in [0.2, 0.25) is 0 Å². The number of nitrogens with zero attached hydrogens (tertiary/aromatic N) is 3. The Bertz CT molecular complexity index is 2820. The summed E-state index contributed by atoms with van der Waals surface area (Å²) in [4.78, 5) is 9.80. The molecule has 0 saturated heterocycles. The molecule has 1 aromatic heterocycles. The number of aromatic nitrogens is 1. The summed E-state index contributed by atoms with van der Waals surface area (Å²) in [5, 5.41) is 5.67. The second-order valence-electron chi connectivity index (χ2n) is 17.0. The Morgan fingerprint density at radius 1 is 0.576 bits per heavy atom. The van der Waals surface area contributed by atoms with Crippen molar-refractivity contribution in [3.8, 4) is 5.69 Å². The Balaban J connectivity index is 1.52. The number of halogens is 6. The van der Waals surface area contributed by atoms with Crippen molar-refractivity contribution >= 4 is 44.9 Å². The van der Waals surface area contributed by atoms with Gasteiger partial charge in [-0.2, -0.15) is 26.3 Å². The molecule has 59 heavy (non-hydrogen) atoms. The van der Waals surface area contributed by atoms with Crippen LogP contribution in [0.25, 0.3) is 38.9 Å². The van der Waals surface area contributed by atoms with Crippen molar-refractivity contribution in [3.63, 3.8) is 0 Å². The SMILES string of the molecule is CC(C)(C)c1ccc2c3ccc(C(C)(C)C)cc3n(-c3ccc(=C4CC=C(C(F)(F)F)C=C4C(F)(F)F)c(=C4N=C(c5ccccc5)N=C(c5ccccc5)N4)c3)c2c1. The third-order valence-electron chi connectivity index (χ3n) is 10.9. The van der Waals surface area contributed by atoms with E-state index in [1.807, 2.05) is 60.7 Å². The molecular formula is C49H42F6N4. The molecule has 0 radical (unpaired) electrons. The van der Waals surface area contributed by atoms with E-state index in [0.29, 0.717) is 28.5 Å². The molecule has 6 aromatic rings. The van der Waals surface area contributed by atoms with Gasteiger partial charge in [-0.05, 0) is 69.5 Å². The fourth-order valence-electron chi connectivity index (χ4n) is 7.67. The summed E-state index contributed by atoms with van der Waals surface area (Å²) < 4.78 is 88.8. The van der Waals surface area contributed by atoms with Gasteiger partial charge in [0.2, 0.25) is 0 Å². The molecule has 5 aromatic carbocycles. The van der Waals surface area contributed by atoms with E-state index in [1.165, 1.54) is 0 Å². The molecule has 0 amide bonds. The Hall–Kier alpha value is -6.16. The largest absolute Gasteiger partial charge is 0.416 e. The average molecular weight is 801 g/mol. The van der Waals surface area contributed by atoms with Crippen molar-refractivity contribution in [2.24, 2.45) is 9.98 Å². The summed E-state index contributed by atoms with van der Waals surface area (Å²) in [7, 11) is 0. The van der Waals surface area contributed by atoms with Gasteiger partial charge in [0.25, 0.3) is 0 Å². The second-order valence-corrected chi connectivity index (χ2v) is 17.0. The first kappa shape index (κ1) is 39.7. The zero-order chi connectivity index (χ0) is 42.1. The van der Waals surface area contributed by atoms with E-state index in [9.17, 15) is 26.3 Å². The third-order valence-corrected chi connectivity index (χ3v) is 10.9. The van der Waals surface area contributed by atoms with Crippen LogP contribution < -0.4 is 15.8 Å². The van der Waals surface area contributed by atoms with Gasteiger partial charge in [0, 0.05) is 32.8 Å². The van der Waals surface area contributed by atoms with Crippen LogP contribution in [0, 0.1) is 0 Å². The molecule has 300 valence electrons. The molecule has 0 unspecified atom stereocenters. The van der Waals surface area contributed by atoms with Crippen LogP contribution in [-0.4, -0.2) is 28.6 Å². The lowest BCUT2D eigenvalue weighted by molar-refractivity contribution is -0.0938. The molecule has 0 saturated carbocycles. The molecule has 0 atom stereocenters. The van der Waals surface area contributed by atoms with E-state index in [1.54, 1.807) is 18.2 Å². The number of amidine groups is 2. The smallest absolute Gasteiger partial charge is 0.324 e. The second kappa shape index (κ2) is 14.3. The quantitative estimate of drug-likeness (QED) is 0.178. The van der Waals surface area contributed by atoms with Gasteiger partial charge in [0.05, 0.1) is 22.2 Å². The normalized spacial score (nSPS) is 17.4. The van der Waals surface area contributed by atoms with Crippen molar-refractivity contribution < 1.29 is 26.3 Å². The molecule has 2 heterocycles. The Labute approximate surface area is 338 Å². The summed E-state index contributed by atoms with van der Waals surface area (Å²) in [6.07, 6.45) is -9.63. The van der Waals surface area contributed by atoms with E-state index in [0.717, 1.165) is 39.0 Å². The molecular weight excluding hydrogens is 759 g/mol. The van der Waals surface area contributed by atoms with Crippen LogP contribution in [0.5, 0.6) is 0 Å². The van der Waals surface area contributed by atoms with Crippen LogP contribution in [0.3, 0.4) is 0 Å². The molecule has 1 aliphatic heterocycles. The van der Waals surface area contributed by atoms with Crippen molar-refractivity contribution in [1.82, 2.24) is 9.88 Å². The van der Waals surface area contributed by atoms with Crippen LogP contribution in [0.4, 0.5) is 26.3 Å². The highest BCUT2D eigenvalue weighted by molar-refractivity contribution is 6.16. The molecule has 0 bridgehead atoms. The van der Waals surface area contributed by atoms with Crippen LogP contribution >= 0.6 is 0 Å². The topological polar surface area (TPSA) is 41.7 Å². The fraction of sp³-hybridized carbons (Fsp3) is 0.224. The maximum Gasteiger partial charge on any atom is 0.416 e. The number of fused-ring (bicyclic) bond motifs is 3. The fourth-order valence-corrected chi connectivity index (χ4v) is 7.67. The van der Waals surface area contributed by atoms with Crippen molar-refractivity contribution in [2.75, 3.05) is 0 Å². The predicted octanol–water partition coefficient (Wildman–Crippen LogP) is 11.5. The van der Waals surface area contributed by atoms with Crippen LogP contribution in [-0.2, 0) is 10.8 Å². The molecule has 8 rings (SSSR count). The molecule has 0 spiro atoms. The number of nitrogens with one attached hydrogen (secondary N) is 1. The van der Waals surface area contributed by atoms with Gasteiger partial charge in [0.15, 0.2) is 5.84 Å². The highest BCUT2D eigenvalue weighted by Crippen LogP contribution is 2.41. The minimum absolute atomic E-state index is 0.0919.